The lowest BCUT2D eigenvalue weighted by atomic mass is 10.1. The fourth-order valence-corrected chi connectivity index (χ4v) is 3.27. The average molecular weight is 398 g/mol. The van der Waals surface area contributed by atoms with Crippen LogP contribution in [0.3, 0.4) is 0 Å². The lowest BCUT2D eigenvalue weighted by molar-refractivity contribution is 1.26. The Morgan fingerprint density at radius 2 is 1.85 bits per heavy atom. The maximum Gasteiger partial charge on any atom is 0.00403 e. The first-order chi connectivity index (χ1) is 6.25. The van der Waals surface area contributed by atoms with E-state index in [9.17, 15) is 0 Å². The first-order valence-electron chi connectivity index (χ1n) is 4.22. The van der Waals surface area contributed by atoms with E-state index in [1.807, 2.05) is 0 Å². The molecule has 0 spiro atoms. The van der Waals surface area contributed by atoms with Crippen molar-refractivity contribution in [2.24, 2.45) is 0 Å². The van der Waals surface area contributed by atoms with Gasteiger partial charge in [-0.2, -0.15) is 0 Å². The van der Waals surface area contributed by atoms with Crippen LogP contribution in [0.5, 0.6) is 0 Å². The molecule has 2 heteroatoms. The predicted octanol–water partition coefficient (Wildman–Crippen LogP) is 4.68. The van der Waals surface area contributed by atoms with E-state index < -0.39 is 0 Å². The Morgan fingerprint density at radius 3 is 2.38 bits per heavy atom. The number of allylic oxidation sites excluding steroid dienone is 2. The Morgan fingerprint density at radius 1 is 1.23 bits per heavy atom. The Labute approximate surface area is 107 Å². The van der Waals surface area contributed by atoms with Crippen LogP contribution in [0, 0.1) is 0 Å². The van der Waals surface area contributed by atoms with Gasteiger partial charge in [-0.05, 0) is 50.7 Å². The molecule has 0 aliphatic carbocycles. The van der Waals surface area contributed by atoms with Crippen molar-refractivity contribution in [3.8, 4) is 0 Å². The number of alkyl halides is 1. The molecule has 70 valence electrons. The zero-order chi connectivity index (χ0) is 9.68. The maximum absolute atomic E-state index is 2.45. The zero-order valence-corrected chi connectivity index (χ0v) is 11.9. The quantitative estimate of drug-likeness (QED) is 0.513. The molecule has 0 N–H and O–H groups in total. The van der Waals surface area contributed by atoms with Gasteiger partial charge in [0.15, 0.2) is 0 Å². The van der Waals surface area contributed by atoms with Gasteiger partial charge in [-0.1, -0.05) is 52.9 Å². The topological polar surface area (TPSA) is 0 Å². The summed E-state index contributed by atoms with van der Waals surface area (Å²) in [5, 5.41) is 0. The Balaban J connectivity index is 2.89. The Kier molecular flexibility index (Phi) is 5.31. The second kappa shape index (κ2) is 6.01. The van der Waals surface area contributed by atoms with Crippen molar-refractivity contribution in [2.45, 2.75) is 13.3 Å². The summed E-state index contributed by atoms with van der Waals surface area (Å²) in [5.41, 5.74) is 2.76. The van der Waals surface area contributed by atoms with Crippen LogP contribution >= 0.6 is 45.2 Å². The van der Waals surface area contributed by atoms with Gasteiger partial charge in [-0.3, -0.25) is 0 Å². The van der Waals surface area contributed by atoms with Gasteiger partial charge in [0, 0.05) is 4.43 Å². The molecule has 0 nitrogen and oxygen atoms in total. The molecule has 1 rings (SSSR count). The number of hydrogen-bond acceptors (Lipinski definition) is 0. The molecule has 0 aliphatic heterocycles. The molecular weight excluding hydrogens is 386 g/mol. The summed E-state index contributed by atoms with van der Waals surface area (Å²) < 4.78 is 2.67. The van der Waals surface area contributed by atoms with Crippen molar-refractivity contribution in [1.82, 2.24) is 0 Å². The van der Waals surface area contributed by atoms with Crippen LogP contribution in [-0.4, -0.2) is 4.43 Å². The van der Waals surface area contributed by atoms with E-state index in [0.717, 1.165) is 0 Å². The molecule has 0 bridgehead atoms. The smallest absolute Gasteiger partial charge is 0.00403 e. The maximum atomic E-state index is 2.45. The van der Waals surface area contributed by atoms with Crippen molar-refractivity contribution >= 4 is 50.8 Å². The fraction of sp³-hybridized carbons (Fsp3) is 0.273. The molecule has 0 saturated heterocycles. The van der Waals surface area contributed by atoms with Crippen LogP contribution in [0.25, 0.3) is 5.57 Å². The highest BCUT2D eigenvalue weighted by Gasteiger charge is 1.99. The van der Waals surface area contributed by atoms with Gasteiger partial charge in [0.05, 0.1) is 0 Å². The predicted molar refractivity (Wildman–Crippen MR) is 76.6 cm³/mol. The Bertz CT molecular complexity index is 288. The number of rotatable bonds is 3. The van der Waals surface area contributed by atoms with E-state index in [1.165, 1.54) is 25.6 Å². The van der Waals surface area contributed by atoms with Gasteiger partial charge < -0.3 is 0 Å². The number of halogens is 2. The van der Waals surface area contributed by atoms with E-state index in [-0.39, 0.29) is 0 Å². The monoisotopic (exact) mass is 398 g/mol. The SMILES string of the molecule is C/C(=C(/I)CCI)c1ccccc1. The van der Waals surface area contributed by atoms with Gasteiger partial charge in [0.2, 0.25) is 0 Å². The molecule has 1 aromatic rings. The highest BCUT2D eigenvalue weighted by atomic mass is 127. The van der Waals surface area contributed by atoms with Gasteiger partial charge in [0.25, 0.3) is 0 Å². The first kappa shape index (κ1) is 11.5. The van der Waals surface area contributed by atoms with E-state index >= 15 is 0 Å². The van der Waals surface area contributed by atoms with Gasteiger partial charge in [0.1, 0.15) is 0 Å². The molecular formula is C11H12I2. The molecule has 0 atom stereocenters. The molecule has 0 radical (unpaired) electrons. The number of hydrogen-bond donors (Lipinski definition) is 0. The second-order valence-electron chi connectivity index (χ2n) is 2.83. The van der Waals surface area contributed by atoms with E-state index in [2.05, 4.69) is 82.4 Å². The van der Waals surface area contributed by atoms with Crippen LogP contribution in [0.15, 0.2) is 33.9 Å². The molecule has 13 heavy (non-hydrogen) atoms. The van der Waals surface area contributed by atoms with Crippen molar-refractivity contribution in [2.75, 3.05) is 4.43 Å². The third-order valence-corrected chi connectivity index (χ3v) is 3.82. The van der Waals surface area contributed by atoms with Crippen molar-refractivity contribution in [1.29, 1.82) is 0 Å². The van der Waals surface area contributed by atoms with E-state index in [4.69, 9.17) is 0 Å². The second-order valence-corrected chi connectivity index (χ2v) is 5.22. The van der Waals surface area contributed by atoms with Crippen LogP contribution in [0.2, 0.25) is 0 Å². The molecule has 0 amide bonds. The van der Waals surface area contributed by atoms with Crippen molar-refractivity contribution in [3.05, 3.63) is 39.5 Å². The summed E-state index contributed by atoms with van der Waals surface area (Å²) >= 11 is 4.86. The van der Waals surface area contributed by atoms with Crippen LogP contribution in [-0.2, 0) is 0 Å². The molecule has 0 fully saturated rings. The van der Waals surface area contributed by atoms with Crippen molar-refractivity contribution < 1.29 is 0 Å². The van der Waals surface area contributed by atoms with Gasteiger partial charge >= 0.3 is 0 Å². The van der Waals surface area contributed by atoms with Gasteiger partial charge in [-0.15, -0.1) is 0 Å². The van der Waals surface area contributed by atoms with E-state index in [0.29, 0.717) is 0 Å². The third kappa shape index (κ3) is 3.58. The summed E-state index contributed by atoms with van der Waals surface area (Å²) in [6, 6.07) is 10.6. The summed E-state index contributed by atoms with van der Waals surface area (Å²) in [6.07, 6.45) is 1.18. The van der Waals surface area contributed by atoms with Gasteiger partial charge in [-0.25, -0.2) is 0 Å². The lowest BCUT2D eigenvalue weighted by Crippen LogP contribution is -1.83. The van der Waals surface area contributed by atoms with Crippen LogP contribution < -0.4 is 0 Å². The summed E-state index contributed by atoms with van der Waals surface area (Å²) in [7, 11) is 0. The Hall–Kier alpha value is 0.420. The lowest BCUT2D eigenvalue weighted by Gasteiger charge is -2.04. The molecule has 1 aromatic carbocycles. The van der Waals surface area contributed by atoms with Crippen molar-refractivity contribution in [3.63, 3.8) is 0 Å². The first-order valence-corrected chi connectivity index (χ1v) is 6.82. The normalized spacial score (nSPS) is 12.5. The molecule has 0 saturated carbocycles. The molecule has 0 aromatic heterocycles. The molecule has 0 aliphatic rings. The highest BCUT2D eigenvalue weighted by molar-refractivity contribution is 14.1. The standard InChI is InChI=1S/C11H12I2/c1-9(11(13)7-8-12)10-5-3-2-4-6-10/h2-6H,7-8H2,1H3/b11-9-. The molecule has 0 unspecified atom stereocenters. The summed E-state index contributed by atoms with van der Waals surface area (Å²) in [5.74, 6) is 0. The fourth-order valence-electron chi connectivity index (χ4n) is 1.12. The average Bonchev–Trinajstić information content (AvgIpc) is 2.18. The van der Waals surface area contributed by atoms with E-state index in [1.54, 1.807) is 0 Å². The largest absolute Gasteiger partial charge is 0.0860 e. The highest BCUT2D eigenvalue weighted by Crippen LogP contribution is 2.25. The summed E-state index contributed by atoms with van der Waals surface area (Å²) in [4.78, 5) is 0. The minimum Gasteiger partial charge on any atom is -0.0860 e. The zero-order valence-electron chi connectivity index (χ0n) is 7.56. The number of benzene rings is 1. The molecule has 0 heterocycles. The van der Waals surface area contributed by atoms with Crippen LogP contribution in [0.4, 0.5) is 0 Å². The summed E-state index contributed by atoms with van der Waals surface area (Å²) in [6.45, 7) is 2.20. The van der Waals surface area contributed by atoms with Crippen LogP contribution in [0.1, 0.15) is 18.9 Å². The minimum absolute atomic E-state index is 1.18. The third-order valence-electron chi connectivity index (χ3n) is 1.93. The minimum atomic E-state index is 1.18.